The zero-order valence-electron chi connectivity index (χ0n) is 14.1. The first-order valence-electron chi connectivity index (χ1n) is 7.77. The Labute approximate surface area is 164 Å². The smallest absolute Gasteiger partial charge is 0.326 e. The summed E-state index contributed by atoms with van der Waals surface area (Å²) in [4.78, 5) is 40.2. The first-order valence-corrected chi connectivity index (χ1v) is 10.4. The van der Waals surface area contributed by atoms with E-state index >= 15 is 0 Å². The molecule has 1 aromatic carbocycles. The van der Waals surface area contributed by atoms with Gasteiger partial charge in [0.2, 0.25) is 0 Å². The van der Waals surface area contributed by atoms with Crippen LogP contribution in [0.1, 0.15) is 12.0 Å². The van der Waals surface area contributed by atoms with Crippen LogP contribution in [0.5, 0.6) is 0 Å². The van der Waals surface area contributed by atoms with Gasteiger partial charge in [0.25, 0.3) is 11.8 Å². The van der Waals surface area contributed by atoms with Crippen molar-refractivity contribution < 1.29 is 19.5 Å². The van der Waals surface area contributed by atoms with E-state index in [-0.39, 0.29) is 27.1 Å². The molecule has 0 bridgehead atoms. The standard InChI is InChI=1S/C17H16N2O4S3/c1-18-10-6-4-3-5-9(10)12(14(18)20)13-15(21)19(17(24)26-13)11(16(22)23)7-8-25-2/h3-6,11H,7-8H2,1-2H3,(H,22,23)/b13-12-/t11-/m1/s1. The summed E-state index contributed by atoms with van der Waals surface area (Å²) in [6.07, 6.45) is 2.16. The van der Waals surface area contributed by atoms with E-state index in [1.165, 1.54) is 16.7 Å². The highest BCUT2D eigenvalue weighted by molar-refractivity contribution is 8.26. The molecule has 1 atom stereocenters. The number of aliphatic carboxylic acids is 1. The van der Waals surface area contributed by atoms with Crippen molar-refractivity contribution in [1.82, 2.24) is 4.90 Å². The molecule has 6 nitrogen and oxygen atoms in total. The molecule has 0 aromatic heterocycles. The molecule has 2 aliphatic heterocycles. The van der Waals surface area contributed by atoms with Crippen molar-refractivity contribution in [3.8, 4) is 0 Å². The number of anilines is 1. The van der Waals surface area contributed by atoms with Crippen molar-refractivity contribution in [3.63, 3.8) is 0 Å². The normalized spacial score (nSPS) is 20.8. The molecule has 0 spiro atoms. The van der Waals surface area contributed by atoms with Crippen LogP contribution in [-0.4, -0.2) is 57.2 Å². The average Bonchev–Trinajstić information content (AvgIpc) is 3.03. The van der Waals surface area contributed by atoms with Crippen LogP contribution in [0.2, 0.25) is 0 Å². The number of carboxylic acid groups (broad SMARTS) is 1. The zero-order valence-corrected chi connectivity index (χ0v) is 16.5. The largest absolute Gasteiger partial charge is 0.480 e. The lowest BCUT2D eigenvalue weighted by Crippen LogP contribution is -2.44. The molecule has 2 heterocycles. The fraction of sp³-hybridized carbons (Fsp3) is 0.294. The van der Waals surface area contributed by atoms with Crippen molar-refractivity contribution in [2.24, 2.45) is 0 Å². The van der Waals surface area contributed by atoms with Crippen LogP contribution in [0.15, 0.2) is 29.2 Å². The lowest BCUT2D eigenvalue weighted by atomic mass is 10.1. The summed E-state index contributed by atoms with van der Waals surface area (Å²) >= 11 is 7.78. The number of fused-ring (bicyclic) bond motifs is 1. The molecule has 0 unspecified atom stereocenters. The van der Waals surface area contributed by atoms with E-state index < -0.39 is 17.9 Å². The summed E-state index contributed by atoms with van der Waals surface area (Å²) in [5.74, 6) is -1.31. The lowest BCUT2D eigenvalue weighted by molar-refractivity contribution is -0.145. The fourth-order valence-electron chi connectivity index (χ4n) is 2.98. The molecule has 136 valence electrons. The molecule has 1 fully saturated rings. The number of hydrogen-bond donors (Lipinski definition) is 1. The third-order valence-electron chi connectivity index (χ3n) is 4.27. The molecule has 0 saturated carbocycles. The Hall–Kier alpha value is -1.84. The number of carbonyl (C=O) groups excluding carboxylic acids is 2. The van der Waals surface area contributed by atoms with Crippen LogP contribution in [0.4, 0.5) is 5.69 Å². The summed E-state index contributed by atoms with van der Waals surface area (Å²) < 4.78 is 0.172. The van der Waals surface area contributed by atoms with E-state index in [4.69, 9.17) is 12.2 Å². The predicted molar refractivity (Wildman–Crippen MR) is 108 cm³/mol. The Morgan fingerprint density at radius 1 is 1.31 bits per heavy atom. The summed E-state index contributed by atoms with van der Waals surface area (Å²) in [5.41, 5.74) is 1.67. The van der Waals surface area contributed by atoms with Gasteiger partial charge in [0.15, 0.2) is 0 Å². The first-order chi connectivity index (χ1) is 12.4. The SMILES string of the molecule is CSCC[C@H](C(=O)O)N1C(=O)/C(=C2/C(=O)N(C)c3ccccc32)SC1=S. The number of thiocarbonyl (C=S) groups is 1. The summed E-state index contributed by atoms with van der Waals surface area (Å²) in [5, 5.41) is 9.54. The van der Waals surface area contributed by atoms with Crippen LogP contribution in [0.3, 0.4) is 0 Å². The second kappa shape index (κ2) is 7.42. The Bertz CT molecular complexity index is 852. The summed E-state index contributed by atoms with van der Waals surface area (Å²) in [6.45, 7) is 0. The minimum absolute atomic E-state index is 0.172. The molecule has 1 saturated heterocycles. The van der Waals surface area contributed by atoms with Crippen LogP contribution < -0.4 is 4.90 Å². The molecule has 0 radical (unpaired) electrons. The Kier molecular flexibility index (Phi) is 5.40. The topological polar surface area (TPSA) is 77.9 Å². The monoisotopic (exact) mass is 408 g/mol. The molecular weight excluding hydrogens is 392 g/mol. The third-order valence-corrected chi connectivity index (χ3v) is 6.32. The van der Waals surface area contributed by atoms with Gasteiger partial charge in [0, 0.05) is 12.6 Å². The van der Waals surface area contributed by atoms with Crippen LogP contribution >= 0.6 is 35.7 Å². The number of rotatable bonds is 5. The molecule has 26 heavy (non-hydrogen) atoms. The first kappa shape index (κ1) is 18.9. The van der Waals surface area contributed by atoms with E-state index in [0.29, 0.717) is 11.3 Å². The van der Waals surface area contributed by atoms with Gasteiger partial charge in [-0.2, -0.15) is 11.8 Å². The van der Waals surface area contributed by atoms with Gasteiger partial charge in [-0.3, -0.25) is 14.5 Å². The number of nitrogens with zero attached hydrogens (tertiary/aromatic N) is 2. The third kappa shape index (κ3) is 3.04. The highest BCUT2D eigenvalue weighted by atomic mass is 32.2. The quantitative estimate of drug-likeness (QED) is 0.592. The number of hydrogen-bond acceptors (Lipinski definition) is 6. The zero-order chi connectivity index (χ0) is 19.0. The molecule has 2 amide bonds. The number of benzene rings is 1. The molecule has 3 rings (SSSR count). The molecule has 9 heteroatoms. The minimum atomic E-state index is -1.10. The van der Waals surface area contributed by atoms with Gasteiger partial charge >= 0.3 is 5.97 Å². The maximum absolute atomic E-state index is 13.0. The maximum Gasteiger partial charge on any atom is 0.326 e. The van der Waals surface area contributed by atoms with Crippen molar-refractivity contribution >= 4 is 69.1 Å². The van der Waals surface area contributed by atoms with E-state index in [9.17, 15) is 19.5 Å². The van der Waals surface area contributed by atoms with Gasteiger partial charge in [-0.25, -0.2) is 4.79 Å². The predicted octanol–water partition coefficient (Wildman–Crippen LogP) is 2.44. The van der Waals surface area contributed by atoms with Crippen molar-refractivity contribution in [2.75, 3.05) is 24.0 Å². The Morgan fingerprint density at radius 2 is 2.00 bits per heavy atom. The van der Waals surface area contributed by atoms with Gasteiger partial charge in [-0.05, 0) is 24.5 Å². The molecule has 1 N–H and O–H groups in total. The Morgan fingerprint density at radius 3 is 2.65 bits per heavy atom. The lowest BCUT2D eigenvalue weighted by Gasteiger charge is -2.22. The average molecular weight is 409 g/mol. The van der Waals surface area contributed by atoms with Crippen molar-refractivity contribution in [1.29, 1.82) is 0 Å². The number of carbonyl (C=O) groups is 3. The molecule has 0 aliphatic carbocycles. The van der Waals surface area contributed by atoms with Gasteiger partial charge in [-0.15, -0.1) is 0 Å². The second-order valence-electron chi connectivity index (χ2n) is 5.76. The highest BCUT2D eigenvalue weighted by Crippen LogP contribution is 2.44. The highest BCUT2D eigenvalue weighted by Gasteiger charge is 2.44. The van der Waals surface area contributed by atoms with Crippen molar-refractivity contribution in [3.05, 3.63) is 34.7 Å². The number of likely N-dealkylation sites (N-methyl/N-ethyl adjacent to an activating group) is 1. The van der Waals surface area contributed by atoms with Crippen LogP contribution in [0, 0.1) is 0 Å². The van der Waals surface area contributed by atoms with E-state index in [2.05, 4.69) is 0 Å². The van der Waals surface area contributed by atoms with E-state index in [0.717, 1.165) is 22.3 Å². The van der Waals surface area contributed by atoms with Gasteiger partial charge in [0.05, 0.1) is 16.2 Å². The van der Waals surface area contributed by atoms with Gasteiger partial charge in [-0.1, -0.05) is 42.2 Å². The van der Waals surface area contributed by atoms with Crippen molar-refractivity contribution in [2.45, 2.75) is 12.5 Å². The molecule has 1 aromatic rings. The number of amides is 2. The van der Waals surface area contributed by atoms with Crippen LogP contribution in [-0.2, 0) is 14.4 Å². The molecule has 2 aliphatic rings. The van der Waals surface area contributed by atoms with Gasteiger partial charge in [0.1, 0.15) is 10.4 Å². The molecular formula is C17H16N2O4S3. The number of carboxylic acids is 1. The van der Waals surface area contributed by atoms with Gasteiger partial charge < -0.3 is 10.0 Å². The second-order valence-corrected chi connectivity index (χ2v) is 8.39. The summed E-state index contributed by atoms with van der Waals surface area (Å²) in [7, 11) is 1.65. The van der Waals surface area contributed by atoms with Crippen LogP contribution in [0.25, 0.3) is 5.57 Å². The number of thioether (sulfide) groups is 2. The maximum atomic E-state index is 13.0. The number of para-hydroxylation sites is 1. The minimum Gasteiger partial charge on any atom is -0.480 e. The summed E-state index contributed by atoms with van der Waals surface area (Å²) in [6, 6.07) is 6.17. The van der Waals surface area contributed by atoms with E-state index in [1.54, 1.807) is 25.2 Å². The Balaban J connectivity index is 2.05. The van der Waals surface area contributed by atoms with E-state index in [1.807, 2.05) is 12.3 Å². The fourth-order valence-corrected chi connectivity index (χ4v) is 4.87.